The van der Waals surface area contributed by atoms with Crippen molar-refractivity contribution in [2.24, 2.45) is 0 Å². The van der Waals surface area contributed by atoms with Gasteiger partial charge in [-0.25, -0.2) is 9.37 Å². The lowest BCUT2D eigenvalue weighted by atomic mass is 10.1. The summed E-state index contributed by atoms with van der Waals surface area (Å²) in [5.41, 5.74) is 3.50. The minimum absolute atomic E-state index is 0.347. The second-order valence-corrected chi connectivity index (χ2v) is 6.72. The van der Waals surface area contributed by atoms with Crippen molar-refractivity contribution in [3.8, 4) is 21.7 Å². The third kappa shape index (κ3) is 2.18. The summed E-state index contributed by atoms with van der Waals surface area (Å²) in [5, 5.41) is 2.83. The predicted molar refractivity (Wildman–Crippen MR) is 100 cm³/mol. The van der Waals surface area contributed by atoms with E-state index in [-0.39, 0.29) is 5.82 Å². The Morgan fingerprint density at radius 2 is 1.68 bits per heavy atom. The van der Waals surface area contributed by atoms with Crippen molar-refractivity contribution in [2.45, 2.75) is 0 Å². The SMILES string of the molecule is Fc1c(-c2ccccc2)nc2c(oc3ccccc32)c1-c1cccs1. The number of para-hydroxylation sites is 1. The fourth-order valence-electron chi connectivity index (χ4n) is 3.12. The Kier molecular flexibility index (Phi) is 3.18. The molecule has 0 radical (unpaired) electrons. The summed E-state index contributed by atoms with van der Waals surface area (Å²) in [6, 6.07) is 20.9. The Hall–Kier alpha value is -2.98. The third-order valence-corrected chi connectivity index (χ3v) is 5.15. The van der Waals surface area contributed by atoms with Crippen LogP contribution in [0.1, 0.15) is 0 Å². The quantitative estimate of drug-likeness (QED) is 0.364. The first-order chi connectivity index (χ1) is 12.3. The highest BCUT2D eigenvalue weighted by atomic mass is 32.1. The van der Waals surface area contributed by atoms with Gasteiger partial charge in [0.15, 0.2) is 11.4 Å². The van der Waals surface area contributed by atoms with Crippen molar-refractivity contribution >= 4 is 33.4 Å². The molecule has 0 bridgehead atoms. The van der Waals surface area contributed by atoms with Crippen LogP contribution in [-0.2, 0) is 0 Å². The Balaban J connectivity index is 1.96. The summed E-state index contributed by atoms with van der Waals surface area (Å²) < 4.78 is 21.4. The number of nitrogens with zero attached hydrogens (tertiary/aromatic N) is 1. The highest BCUT2D eigenvalue weighted by molar-refractivity contribution is 7.13. The van der Waals surface area contributed by atoms with E-state index in [4.69, 9.17) is 4.42 Å². The van der Waals surface area contributed by atoms with Crippen LogP contribution in [0.15, 0.2) is 76.5 Å². The van der Waals surface area contributed by atoms with Gasteiger partial charge in [0.1, 0.15) is 16.8 Å². The number of fused-ring (bicyclic) bond motifs is 3. The number of pyridine rings is 1. The van der Waals surface area contributed by atoms with Crippen molar-refractivity contribution in [1.82, 2.24) is 4.98 Å². The summed E-state index contributed by atoms with van der Waals surface area (Å²) >= 11 is 1.49. The number of hydrogen-bond donors (Lipinski definition) is 0. The second-order valence-electron chi connectivity index (χ2n) is 5.77. The van der Waals surface area contributed by atoms with E-state index >= 15 is 4.39 Å². The van der Waals surface area contributed by atoms with Gasteiger partial charge in [-0.2, -0.15) is 0 Å². The first kappa shape index (κ1) is 14.4. The van der Waals surface area contributed by atoms with Gasteiger partial charge in [0, 0.05) is 15.8 Å². The molecule has 0 saturated heterocycles. The topological polar surface area (TPSA) is 26.0 Å². The fraction of sp³-hybridized carbons (Fsp3) is 0. The summed E-state index contributed by atoms with van der Waals surface area (Å²) in [5.74, 6) is -0.347. The van der Waals surface area contributed by atoms with Crippen molar-refractivity contribution in [2.75, 3.05) is 0 Å². The van der Waals surface area contributed by atoms with Gasteiger partial charge in [0.25, 0.3) is 0 Å². The van der Waals surface area contributed by atoms with Gasteiger partial charge < -0.3 is 4.42 Å². The average molecular weight is 345 g/mol. The highest BCUT2D eigenvalue weighted by Crippen LogP contribution is 2.41. The van der Waals surface area contributed by atoms with Crippen LogP contribution in [0.3, 0.4) is 0 Å². The Morgan fingerprint density at radius 1 is 0.880 bits per heavy atom. The predicted octanol–water partition coefficient (Wildman–Crippen LogP) is 6.52. The molecule has 0 aliphatic heterocycles. The van der Waals surface area contributed by atoms with Gasteiger partial charge in [-0.05, 0) is 23.6 Å². The number of rotatable bonds is 2. The number of halogens is 1. The monoisotopic (exact) mass is 345 g/mol. The van der Waals surface area contributed by atoms with Crippen LogP contribution in [0, 0.1) is 5.82 Å². The molecule has 0 amide bonds. The lowest BCUT2D eigenvalue weighted by Gasteiger charge is -2.08. The number of hydrogen-bond acceptors (Lipinski definition) is 3. The van der Waals surface area contributed by atoms with Crippen LogP contribution in [-0.4, -0.2) is 4.98 Å². The van der Waals surface area contributed by atoms with Gasteiger partial charge in [-0.15, -0.1) is 11.3 Å². The Labute approximate surface area is 147 Å². The van der Waals surface area contributed by atoms with E-state index in [2.05, 4.69) is 4.98 Å². The van der Waals surface area contributed by atoms with Crippen molar-refractivity contribution in [1.29, 1.82) is 0 Å². The standard InChI is InChI=1S/C21H12FNOS/c22-18-17(16-11-6-12-25-16)21-20(14-9-4-5-10-15(14)24-21)23-19(18)13-7-2-1-3-8-13/h1-12H. The van der Waals surface area contributed by atoms with Crippen molar-refractivity contribution in [3.05, 3.63) is 77.9 Å². The van der Waals surface area contributed by atoms with Gasteiger partial charge in [0.05, 0.1) is 5.56 Å². The molecule has 2 nitrogen and oxygen atoms in total. The van der Waals surface area contributed by atoms with Crippen LogP contribution in [0.2, 0.25) is 0 Å². The molecular weight excluding hydrogens is 333 g/mol. The van der Waals surface area contributed by atoms with E-state index < -0.39 is 0 Å². The lowest BCUT2D eigenvalue weighted by Crippen LogP contribution is -1.94. The summed E-state index contributed by atoms with van der Waals surface area (Å²) in [6.07, 6.45) is 0. The second kappa shape index (κ2) is 5.53. The van der Waals surface area contributed by atoms with E-state index in [0.717, 1.165) is 15.8 Å². The molecule has 2 aromatic carbocycles. The molecule has 25 heavy (non-hydrogen) atoms. The van der Waals surface area contributed by atoms with E-state index in [1.807, 2.05) is 72.1 Å². The molecule has 0 unspecified atom stereocenters. The molecule has 5 aromatic rings. The molecule has 3 heterocycles. The zero-order valence-electron chi connectivity index (χ0n) is 13.1. The Morgan fingerprint density at radius 3 is 2.48 bits per heavy atom. The maximum Gasteiger partial charge on any atom is 0.165 e. The maximum atomic E-state index is 15.5. The van der Waals surface area contributed by atoms with Gasteiger partial charge in [-0.1, -0.05) is 48.5 Å². The molecule has 120 valence electrons. The van der Waals surface area contributed by atoms with Gasteiger partial charge >= 0.3 is 0 Å². The summed E-state index contributed by atoms with van der Waals surface area (Å²) in [6.45, 7) is 0. The van der Waals surface area contributed by atoms with E-state index in [1.165, 1.54) is 11.3 Å². The molecule has 0 N–H and O–H groups in total. The molecule has 0 aliphatic carbocycles. The zero-order chi connectivity index (χ0) is 16.8. The fourth-order valence-corrected chi connectivity index (χ4v) is 3.88. The highest BCUT2D eigenvalue weighted by Gasteiger charge is 2.23. The zero-order valence-corrected chi connectivity index (χ0v) is 13.9. The molecule has 0 atom stereocenters. The first-order valence-electron chi connectivity index (χ1n) is 7.93. The molecule has 4 heteroatoms. The van der Waals surface area contributed by atoms with Crippen LogP contribution < -0.4 is 0 Å². The van der Waals surface area contributed by atoms with E-state index in [0.29, 0.717) is 27.9 Å². The normalized spacial score (nSPS) is 11.4. The summed E-state index contributed by atoms with van der Waals surface area (Å²) in [4.78, 5) is 5.47. The lowest BCUT2D eigenvalue weighted by molar-refractivity contribution is 0.621. The Bertz CT molecular complexity index is 1190. The van der Waals surface area contributed by atoms with Gasteiger partial charge in [-0.3, -0.25) is 0 Å². The third-order valence-electron chi connectivity index (χ3n) is 4.26. The number of aromatic nitrogens is 1. The summed E-state index contributed by atoms with van der Waals surface area (Å²) in [7, 11) is 0. The van der Waals surface area contributed by atoms with Crippen molar-refractivity contribution < 1.29 is 8.81 Å². The molecule has 3 aromatic heterocycles. The minimum atomic E-state index is -0.347. The van der Waals surface area contributed by atoms with Crippen molar-refractivity contribution in [3.63, 3.8) is 0 Å². The van der Waals surface area contributed by atoms with E-state index in [1.54, 1.807) is 0 Å². The van der Waals surface area contributed by atoms with Gasteiger partial charge in [0.2, 0.25) is 0 Å². The molecule has 0 spiro atoms. The van der Waals surface area contributed by atoms with Crippen LogP contribution >= 0.6 is 11.3 Å². The number of furan rings is 1. The number of benzene rings is 2. The van der Waals surface area contributed by atoms with Crippen LogP contribution in [0.5, 0.6) is 0 Å². The average Bonchev–Trinajstić information content (AvgIpc) is 3.29. The largest absolute Gasteiger partial charge is 0.454 e. The van der Waals surface area contributed by atoms with E-state index in [9.17, 15) is 0 Å². The first-order valence-corrected chi connectivity index (χ1v) is 8.81. The number of thiophene rings is 1. The van der Waals surface area contributed by atoms with Crippen LogP contribution in [0.4, 0.5) is 4.39 Å². The molecule has 5 rings (SSSR count). The molecular formula is C21H12FNOS. The van der Waals surface area contributed by atoms with Crippen LogP contribution in [0.25, 0.3) is 43.8 Å². The molecule has 0 aliphatic rings. The minimum Gasteiger partial charge on any atom is -0.454 e. The maximum absolute atomic E-state index is 15.5. The smallest absolute Gasteiger partial charge is 0.165 e. The molecule has 0 saturated carbocycles. The molecule has 0 fully saturated rings.